The molecule has 186 valence electrons. The number of hydrogen-bond acceptors (Lipinski definition) is 7. The summed E-state index contributed by atoms with van der Waals surface area (Å²) in [5.41, 5.74) is 2.23. The summed E-state index contributed by atoms with van der Waals surface area (Å²) < 4.78 is 6.90. The van der Waals surface area contributed by atoms with Gasteiger partial charge in [-0.05, 0) is 37.1 Å². The van der Waals surface area contributed by atoms with Crippen molar-refractivity contribution >= 4 is 40.7 Å². The van der Waals surface area contributed by atoms with Crippen LogP contribution in [0.2, 0.25) is 10.0 Å². The number of ether oxygens (including phenoxy) is 1. The first-order valence-corrected chi connectivity index (χ1v) is 11.7. The number of carbonyl (C=O) groups is 2. The molecule has 1 saturated carbocycles. The van der Waals surface area contributed by atoms with Gasteiger partial charge >= 0.3 is 6.09 Å². The van der Waals surface area contributed by atoms with Gasteiger partial charge in [-0.25, -0.2) is 14.3 Å². The lowest BCUT2D eigenvalue weighted by Crippen LogP contribution is -2.20. The van der Waals surface area contributed by atoms with Crippen molar-refractivity contribution in [2.24, 2.45) is 0 Å². The van der Waals surface area contributed by atoms with Crippen molar-refractivity contribution in [2.45, 2.75) is 31.7 Å². The quantitative estimate of drug-likeness (QED) is 0.333. The Hall–Kier alpha value is -3.76. The van der Waals surface area contributed by atoms with Gasteiger partial charge in [0, 0.05) is 36.5 Å². The van der Waals surface area contributed by atoms with Crippen LogP contribution in [-0.2, 0) is 13.0 Å². The number of carbonyl (C=O) groups excluding carboxylic acids is 1. The van der Waals surface area contributed by atoms with E-state index in [0.29, 0.717) is 38.6 Å². The van der Waals surface area contributed by atoms with Crippen molar-refractivity contribution in [1.29, 1.82) is 0 Å². The van der Waals surface area contributed by atoms with Crippen molar-refractivity contribution in [3.8, 4) is 5.75 Å². The predicted molar refractivity (Wildman–Crippen MR) is 133 cm³/mol. The van der Waals surface area contributed by atoms with E-state index in [9.17, 15) is 9.59 Å². The summed E-state index contributed by atoms with van der Waals surface area (Å²) in [5, 5.41) is 15.7. The van der Waals surface area contributed by atoms with Gasteiger partial charge in [0.15, 0.2) is 23.0 Å². The Bertz CT molecular complexity index is 1370. The summed E-state index contributed by atoms with van der Waals surface area (Å²) in [4.78, 5) is 35.3. The fraction of sp³-hybridized carbons (Fsp3) is 0.250. The van der Waals surface area contributed by atoms with E-state index in [1.54, 1.807) is 42.1 Å². The number of aromatic nitrogens is 5. The van der Waals surface area contributed by atoms with Gasteiger partial charge in [0.1, 0.15) is 5.69 Å². The van der Waals surface area contributed by atoms with Crippen molar-refractivity contribution in [3.05, 3.63) is 81.7 Å². The molecule has 0 atom stereocenters. The number of halogens is 2. The van der Waals surface area contributed by atoms with Gasteiger partial charge in [-0.15, -0.1) is 0 Å². The van der Waals surface area contributed by atoms with Crippen LogP contribution in [0.5, 0.6) is 5.75 Å². The molecule has 1 amide bonds. The van der Waals surface area contributed by atoms with Gasteiger partial charge in [0.05, 0.1) is 29.4 Å². The zero-order valence-corrected chi connectivity index (χ0v) is 20.7. The topological polar surface area (TPSA) is 132 Å². The van der Waals surface area contributed by atoms with Crippen LogP contribution in [-0.4, -0.2) is 48.7 Å². The Morgan fingerprint density at radius 1 is 1.17 bits per heavy atom. The van der Waals surface area contributed by atoms with Gasteiger partial charge in [-0.3, -0.25) is 14.8 Å². The number of carboxylic acid groups (broad SMARTS) is 1. The highest BCUT2D eigenvalue weighted by Crippen LogP contribution is 2.39. The molecule has 2 N–H and O–H groups in total. The van der Waals surface area contributed by atoms with Crippen LogP contribution >= 0.6 is 23.2 Å². The minimum absolute atomic E-state index is 0.0558. The van der Waals surface area contributed by atoms with E-state index in [4.69, 9.17) is 33.0 Å². The summed E-state index contributed by atoms with van der Waals surface area (Å²) >= 11 is 12.3. The second-order valence-electron chi connectivity index (χ2n) is 7.93. The SMILES string of the molecule is COc1ccc(C(=O)Cc2c(Cl)cncc2Cl)n2nc(C3CC3)nc12.O=C(O)NCc1ccccn1. The average molecular weight is 529 g/mol. The fourth-order valence-electron chi connectivity index (χ4n) is 3.37. The Morgan fingerprint density at radius 3 is 2.53 bits per heavy atom. The monoisotopic (exact) mass is 528 g/mol. The van der Waals surface area contributed by atoms with Gasteiger partial charge in [0.25, 0.3) is 0 Å². The number of methoxy groups -OCH3 is 1. The first-order chi connectivity index (χ1) is 17.4. The van der Waals surface area contributed by atoms with Gasteiger partial charge in [0.2, 0.25) is 0 Å². The zero-order chi connectivity index (χ0) is 25.7. The molecule has 1 aliphatic carbocycles. The largest absolute Gasteiger partial charge is 0.493 e. The third-order valence-electron chi connectivity index (χ3n) is 5.35. The fourth-order valence-corrected chi connectivity index (χ4v) is 3.87. The van der Waals surface area contributed by atoms with Gasteiger partial charge < -0.3 is 15.2 Å². The highest BCUT2D eigenvalue weighted by molar-refractivity contribution is 6.36. The smallest absolute Gasteiger partial charge is 0.404 e. The Kier molecular flexibility index (Phi) is 7.97. The van der Waals surface area contributed by atoms with Crippen LogP contribution in [0.25, 0.3) is 5.65 Å². The molecule has 4 aromatic heterocycles. The van der Waals surface area contributed by atoms with Gasteiger partial charge in [-0.2, -0.15) is 5.10 Å². The van der Waals surface area contributed by atoms with Crippen LogP contribution in [0, 0.1) is 0 Å². The molecule has 0 unspecified atom stereocenters. The maximum Gasteiger partial charge on any atom is 0.404 e. The number of nitrogens with one attached hydrogen (secondary N) is 1. The standard InChI is InChI=1S/C17H14Cl2N4O2.C7H8N2O2/c1-25-15-5-4-13(23-17(15)21-16(22-23)9-2-3-9)14(24)6-10-11(18)7-20-8-12(10)19;10-7(11)9-5-6-3-1-2-4-8-6/h4-5,7-9H,2-3,6H2,1H3;1-4,9H,5H2,(H,10,11). The van der Waals surface area contributed by atoms with E-state index in [1.165, 1.54) is 12.4 Å². The molecule has 0 aliphatic heterocycles. The number of Topliss-reactive ketones (excluding diaryl/α,β-unsaturated/α-hetero) is 1. The molecule has 4 aromatic rings. The van der Waals surface area contributed by atoms with Crippen molar-refractivity contribution in [3.63, 3.8) is 0 Å². The maximum absolute atomic E-state index is 12.9. The number of pyridine rings is 3. The average Bonchev–Trinajstić information content (AvgIpc) is 3.63. The molecular formula is C24H22Cl2N6O4. The predicted octanol–water partition coefficient (Wildman–Crippen LogP) is 4.59. The molecule has 1 aliphatic rings. The summed E-state index contributed by atoms with van der Waals surface area (Å²) in [5.74, 6) is 1.54. The highest BCUT2D eigenvalue weighted by Gasteiger charge is 2.29. The number of ketones is 1. The molecule has 12 heteroatoms. The molecule has 0 aromatic carbocycles. The first kappa shape index (κ1) is 25.3. The van der Waals surface area contributed by atoms with E-state index < -0.39 is 6.09 Å². The lowest BCUT2D eigenvalue weighted by atomic mass is 10.1. The van der Waals surface area contributed by atoms with Crippen molar-refractivity contribution in [1.82, 2.24) is 29.9 Å². The number of nitrogens with zero attached hydrogens (tertiary/aromatic N) is 5. The molecule has 0 spiro atoms. The molecule has 36 heavy (non-hydrogen) atoms. The van der Waals surface area contributed by atoms with Crippen LogP contribution in [0.15, 0.2) is 48.9 Å². The summed E-state index contributed by atoms with van der Waals surface area (Å²) in [6, 6.07) is 8.76. The molecule has 4 heterocycles. The highest BCUT2D eigenvalue weighted by atomic mass is 35.5. The molecule has 1 fully saturated rings. The second-order valence-corrected chi connectivity index (χ2v) is 8.74. The van der Waals surface area contributed by atoms with E-state index in [0.717, 1.165) is 24.4 Å². The first-order valence-electron chi connectivity index (χ1n) is 11.0. The van der Waals surface area contributed by atoms with Gasteiger partial charge in [-0.1, -0.05) is 29.3 Å². The van der Waals surface area contributed by atoms with E-state index in [1.807, 2.05) is 6.07 Å². The number of amides is 1. The molecule has 10 nitrogen and oxygen atoms in total. The molecule has 0 saturated heterocycles. The summed E-state index contributed by atoms with van der Waals surface area (Å²) in [7, 11) is 1.57. The minimum atomic E-state index is -1.03. The lowest BCUT2D eigenvalue weighted by Gasteiger charge is -2.08. The van der Waals surface area contributed by atoms with E-state index >= 15 is 0 Å². The van der Waals surface area contributed by atoms with E-state index in [2.05, 4.69) is 25.4 Å². The third-order valence-corrected chi connectivity index (χ3v) is 6.00. The number of rotatable bonds is 7. The minimum Gasteiger partial charge on any atom is -0.493 e. The third kappa shape index (κ3) is 6.07. The summed E-state index contributed by atoms with van der Waals surface area (Å²) in [6.45, 7) is 0.260. The number of hydrogen-bond donors (Lipinski definition) is 2. The Labute approximate surface area is 216 Å². The normalized spacial score (nSPS) is 12.5. The zero-order valence-electron chi connectivity index (χ0n) is 19.2. The van der Waals surface area contributed by atoms with Crippen LogP contribution in [0.1, 0.15) is 46.3 Å². The molecular weight excluding hydrogens is 507 g/mol. The Morgan fingerprint density at radius 2 is 1.92 bits per heavy atom. The number of fused-ring (bicyclic) bond motifs is 1. The second kappa shape index (κ2) is 11.3. The molecule has 0 bridgehead atoms. The maximum atomic E-state index is 12.9. The van der Waals surface area contributed by atoms with Crippen molar-refractivity contribution < 1.29 is 19.4 Å². The lowest BCUT2D eigenvalue weighted by molar-refractivity contribution is 0.0985. The van der Waals surface area contributed by atoms with Crippen LogP contribution in [0.3, 0.4) is 0 Å². The van der Waals surface area contributed by atoms with Crippen LogP contribution < -0.4 is 10.1 Å². The molecule has 5 rings (SSSR count). The summed E-state index contributed by atoms with van der Waals surface area (Å²) in [6.07, 6.45) is 5.74. The Balaban J connectivity index is 0.000000233. The van der Waals surface area contributed by atoms with E-state index in [-0.39, 0.29) is 18.7 Å². The van der Waals surface area contributed by atoms with Crippen molar-refractivity contribution in [2.75, 3.05) is 7.11 Å². The van der Waals surface area contributed by atoms with Crippen LogP contribution in [0.4, 0.5) is 4.79 Å². The molecule has 0 radical (unpaired) electrons.